The van der Waals surface area contributed by atoms with E-state index in [9.17, 15) is 13.5 Å². The van der Waals surface area contributed by atoms with Crippen LogP contribution in [0.15, 0.2) is 29.2 Å². The lowest BCUT2D eigenvalue weighted by Crippen LogP contribution is -2.31. The third-order valence-corrected chi connectivity index (χ3v) is 7.13. The van der Waals surface area contributed by atoms with Crippen LogP contribution in [0, 0.1) is 5.92 Å². The fourth-order valence-corrected chi connectivity index (χ4v) is 5.59. The first-order chi connectivity index (χ1) is 11.1. The summed E-state index contributed by atoms with van der Waals surface area (Å²) in [6.07, 6.45) is 7.10. The molecule has 23 heavy (non-hydrogen) atoms. The molecule has 0 amide bonds. The third-order valence-electron chi connectivity index (χ3n) is 5.32. The van der Waals surface area contributed by atoms with Crippen molar-refractivity contribution in [3.63, 3.8) is 0 Å². The highest BCUT2D eigenvalue weighted by Crippen LogP contribution is 2.32. The summed E-state index contributed by atoms with van der Waals surface area (Å²) in [5.41, 5.74) is 0.913. The van der Waals surface area contributed by atoms with Gasteiger partial charge < -0.3 is 10.4 Å². The molecule has 1 heterocycles. The van der Waals surface area contributed by atoms with Crippen molar-refractivity contribution in [3.8, 4) is 0 Å². The molecule has 1 aliphatic heterocycles. The van der Waals surface area contributed by atoms with Crippen LogP contribution in [0.2, 0.25) is 0 Å². The summed E-state index contributed by atoms with van der Waals surface area (Å²) in [5, 5.41) is 13.5. The Morgan fingerprint density at radius 1 is 1.13 bits per heavy atom. The van der Waals surface area contributed by atoms with Gasteiger partial charge in [-0.25, -0.2) is 8.42 Å². The number of hydrogen-bond donors (Lipinski definition) is 2. The van der Waals surface area contributed by atoms with Gasteiger partial charge in [0.25, 0.3) is 0 Å². The quantitative estimate of drug-likeness (QED) is 0.811. The number of sulfone groups is 1. The number of aliphatic hydroxyl groups excluding tert-OH is 1. The van der Waals surface area contributed by atoms with E-state index in [-0.39, 0.29) is 17.9 Å². The number of hydrogen-bond acceptors (Lipinski definition) is 4. The predicted molar refractivity (Wildman–Crippen MR) is 91.1 cm³/mol. The highest BCUT2D eigenvalue weighted by Gasteiger charge is 2.29. The second-order valence-electron chi connectivity index (χ2n) is 6.91. The van der Waals surface area contributed by atoms with E-state index in [1.54, 1.807) is 12.1 Å². The number of benzene rings is 1. The fourth-order valence-electron chi connectivity index (χ4n) is 3.97. The summed E-state index contributed by atoms with van der Waals surface area (Å²) < 4.78 is 24.3. The van der Waals surface area contributed by atoms with Crippen LogP contribution in [-0.2, 0) is 9.84 Å². The average Bonchev–Trinajstić information content (AvgIpc) is 2.55. The van der Waals surface area contributed by atoms with E-state index < -0.39 is 9.84 Å². The Morgan fingerprint density at radius 2 is 1.91 bits per heavy atom. The Hall–Kier alpha value is -0.910. The van der Waals surface area contributed by atoms with Crippen molar-refractivity contribution in [3.05, 3.63) is 29.8 Å². The molecular weight excluding hydrogens is 310 g/mol. The molecule has 0 spiro atoms. The van der Waals surface area contributed by atoms with E-state index in [0.29, 0.717) is 17.2 Å². The minimum absolute atomic E-state index is 0.121. The third kappa shape index (κ3) is 3.95. The number of aliphatic hydroxyl groups is 1. The zero-order valence-corrected chi connectivity index (χ0v) is 14.4. The van der Waals surface area contributed by atoms with Gasteiger partial charge in [0.2, 0.25) is 0 Å². The smallest absolute Gasteiger partial charge is 0.178 e. The van der Waals surface area contributed by atoms with Crippen molar-refractivity contribution in [2.45, 2.75) is 62.0 Å². The molecule has 1 aromatic carbocycles. The van der Waals surface area contributed by atoms with Crippen LogP contribution < -0.4 is 5.32 Å². The molecule has 1 fully saturated rings. The van der Waals surface area contributed by atoms with E-state index in [1.807, 2.05) is 12.1 Å². The first-order valence-corrected chi connectivity index (χ1v) is 10.5. The zero-order chi connectivity index (χ0) is 16.3. The monoisotopic (exact) mass is 337 g/mol. The molecule has 0 aromatic heterocycles. The molecule has 4 nitrogen and oxygen atoms in total. The lowest BCUT2D eigenvalue weighted by atomic mass is 9.83. The van der Waals surface area contributed by atoms with Gasteiger partial charge in [-0.2, -0.15) is 0 Å². The van der Waals surface area contributed by atoms with Crippen LogP contribution in [-0.4, -0.2) is 31.9 Å². The van der Waals surface area contributed by atoms with Crippen molar-refractivity contribution >= 4 is 9.84 Å². The van der Waals surface area contributed by atoms with Crippen LogP contribution in [0.5, 0.6) is 0 Å². The predicted octanol–water partition coefficient (Wildman–Crippen LogP) is 2.83. The van der Waals surface area contributed by atoms with Gasteiger partial charge in [0.1, 0.15) is 0 Å². The topological polar surface area (TPSA) is 66.4 Å². The van der Waals surface area contributed by atoms with Crippen LogP contribution >= 0.6 is 0 Å². The standard InChI is InChI=1S/C18H27NO3S/c20-17-9-3-1-6-14(17)7-5-12-19-16-11-13-23(21,22)18-10-4-2-8-15(16)18/h2,4,8,10,14,16-17,19-20H,1,3,5-7,9,11-13H2. The molecule has 1 aliphatic carbocycles. The lowest BCUT2D eigenvalue weighted by Gasteiger charge is -2.29. The molecule has 0 bridgehead atoms. The maximum atomic E-state index is 12.1. The number of nitrogens with one attached hydrogen (secondary N) is 1. The Balaban J connectivity index is 1.53. The molecule has 0 saturated heterocycles. The molecule has 3 unspecified atom stereocenters. The molecule has 3 atom stereocenters. The molecule has 5 heteroatoms. The highest BCUT2D eigenvalue weighted by molar-refractivity contribution is 7.91. The van der Waals surface area contributed by atoms with Crippen LogP contribution in [0.4, 0.5) is 0 Å². The molecular formula is C18H27NO3S. The maximum Gasteiger partial charge on any atom is 0.178 e. The minimum atomic E-state index is -3.10. The van der Waals surface area contributed by atoms with Crippen molar-refractivity contribution in [1.29, 1.82) is 0 Å². The zero-order valence-electron chi connectivity index (χ0n) is 13.6. The van der Waals surface area contributed by atoms with Crippen LogP contribution in [0.1, 0.15) is 56.6 Å². The SMILES string of the molecule is O=S1(=O)CCC(NCCCC2CCCCC2O)c2ccccc21. The largest absolute Gasteiger partial charge is 0.393 e. The Morgan fingerprint density at radius 3 is 2.74 bits per heavy atom. The van der Waals surface area contributed by atoms with Crippen LogP contribution in [0.3, 0.4) is 0 Å². The van der Waals surface area contributed by atoms with E-state index in [4.69, 9.17) is 0 Å². The van der Waals surface area contributed by atoms with E-state index in [1.165, 1.54) is 6.42 Å². The first kappa shape index (κ1) is 16.9. The van der Waals surface area contributed by atoms with Crippen molar-refractivity contribution in [2.24, 2.45) is 5.92 Å². The molecule has 1 aromatic rings. The molecule has 2 aliphatic rings. The van der Waals surface area contributed by atoms with Crippen molar-refractivity contribution < 1.29 is 13.5 Å². The summed E-state index contributed by atoms with van der Waals surface area (Å²) in [5.74, 6) is 0.674. The highest BCUT2D eigenvalue weighted by atomic mass is 32.2. The minimum Gasteiger partial charge on any atom is -0.393 e. The first-order valence-electron chi connectivity index (χ1n) is 8.81. The molecule has 128 valence electrons. The summed E-state index contributed by atoms with van der Waals surface area (Å²) >= 11 is 0. The van der Waals surface area contributed by atoms with Gasteiger partial charge in [0.05, 0.1) is 16.8 Å². The second-order valence-corrected chi connectivity index (χ2v) is 8.98. The van der Waals surface area contributed by atoms with E-state index in [0.717, 1.165) is 44.2 Å². The summed E-state index contributed by atoms with van der Waals surface area (Å²) in [6.45, 7) is 0.877. The summed E-state index contributed by atoms with van der Waals surface area (Å²) in [7, 11) is -3.10. The van der Waals surface area contributed by atoms with Gasteiger partial charge in [-0.1, -0.05) is 31.0 Å². The summed E-state index contributed by atoms with van der Waals surface area (Å²) in [6, 6.07) is 7.48. The van der Waals surface area contributed by atoms with Gasteiger partial charge in [-0.3, -0.25) is 0 Å². The van der Waals surface area contributed by atoms with Gasteiger partial charge in [-0.05, 0) is 56.2 Å². The Bertz CT molecular complexity index is 629. The molecule has 2 N–H and O–H groups in total. The van der Waals surface area contributed by atoms with E-state index in [2.05, 4.69) is 5.32 Å². The summed E-state index contributed by atoms with van der Waals surface area (Å²) in [4.78, 5) is 0.492. The average molecular weight is 337 g/mol. The molecule has 1 saturated carbocycles. The van der Waals surface area contributed by atoms with Gasteiger partial charge in [0.15, 0.2) is 9.84 Å². The molecule has 3 rings (SSSR count). The second kappa shape index (κ2) is 7.32. The fraction of sp³-hybridized carbons (Fsp3) is 0.667. The maximum absolute atomic E-state index is 12.1. The number of fused-ring (bicyclic) bond motifs is 1. The van der Waals surface area contributed by atoms with E-state index >= 15 is 0 Å². The Labute approximate surface area is 139 Å². The lowest BCUT2D eigenvalue weighted by molar-refractivity contribution is 0.0642. The molecule has 0 radical (unpaired) electrons. The van der Waals surface area contributed by atoms with Crippen molar-refractivity contribution in [2.75, 3.05) is 12.3 Å². The van der Waals surface area contributed by atoms with Crippen LogP contribution in [0.25, 0.3) is 0 Å². The van der Waals surface area contributed by atoms with Gasteiger partial charge >= 0.3 is 0 Å². The van der Waals surface area contributed by atoms with Crippen molar-refractivity contribution in [1.82, 2.24) is 5.32 Å². The van der Waals surface area contributed by atoms with Gasteiger partial charge in [-0.15, -0.1) is 0 Å². The normalized spacial score (nSPS) is 29.9. The van der Waals surface area contributed by atoms with Gasteiger partial charge in [0, 0.05) is 6.04 Å². The number of rotatable bonds is 5. The Kier molecular flexibility index (Phi) is 5.39.